The first-order valence-electron chi connectivity index (χ1n) is 17.0. The minimum Gasteiger partial charge on any atom is -0.381 e. The second kappa shape index (κ2) is 15.1. The molecule has 11 nitrogen and oxygen atoms in total. The molecule has 4 N–H and O–H groups in total. The Balaban J connectivity index is 0.936. The van der Waals surface area contributed by atoms with Crippen LogP contribution >= 0.6 is 0 Å². The second-order valence-corrected chi connectivity index (χ2v) is 13.2. The van der Waals surface area contributed by atoms with Gasteiger partial charge in [0.25, 0.3) is 11.8 Å². The average Bonchev–Trinajstić information content (AvgIpc) is 3.43. The van der Waals surface area contributed by atoms with Crippen LogP contribution < -0.4 is 16.4 Å². The van der Waals surface area contributed by atoms with Gasteiger partial charge in [0.2, 0.25) is 17.7 Å². The van der Waals surface area contributed by atoms with Crippen LogP contribution in [0.25, 0.3) is 0 Å². The van der Waals surface area contributed by atoms with Crippen molar-refractivity contribution in [2.45, 2.75) is 82.5 Å². The van der Waals surface area contributed by atoms with E-state index >= 15 is 0 Å². The van der Waals surface area contributed by atoms with Crippen LogP contribution in [0.3, 0.4) is 0 Å². The van der Waals surface area contributed by atoms with Gasteiger partial charge in [0, 0.05) is 68.4 Å². The molecular weight excluding hydrogens is 610 g/mol. The zero-order chi connectivity index (χ0) is 33.6. The van der Waals surface area contributed by atoms with Crippen LogP contribution in [-0.2, 0) is 32.1 Å². The van der Waals surface area contributed by atoms with Gasteiger partial charge in [0.15, 0.2) is 0 Å². The number of nitrogens with two attached hydrogens (primary N) is 1. The van der Waals surface area contributed by atoms with Gasteiger partial charge in [-0.05, 0) is 86.3 Å². The molecule has 252 valence electrons. The molecule has 5 amide bonds. The molecule has 2 aromatic rings. The third-order valence-electron chi connectivity index (χ3n) is 9.95. The number of rotatable bonds is 8. The summed E-state index contributed by atoms with van der Waals surface area (Å²) in [5.41, 5.74) is 10.0. The number of likely N-dealkylation sites (tertiary alicyclic amines) is 1. The predicted molar refractivity (Wildman–Crippen MR) is 177 cm³/mol. The molecule has 2 aromatic carbocycles. The van der Waals surface area contributed by atoms with E-state index in [0.717, 1.165) is 48.8 Å². The second-order valence-electron chi connectivity index (χ2n) is 13.2. The Morgan fingerprint density at radius 3 is 2.48 bits per heavy atom. The minimum atomic E-state index is -0.649. The Hall–Kier alpha value is -4.53. The average molecular weight is 654 g/mol. The number of hydrogen-bond acceptors (Lipinski definition) is 7. The van der Waals surface area contributed by atoms with E-state index in [0.29, 0.717) is 69.2 Å². The number of nitrogens with one attached hydrogen (secondary N) is 2. The molecular formula is C37H43N5O6. The summed E-state index contributed by atoms with van der Waals surface area (Å²) in [4.78, 5) is 66.1. The molecule has 48 heavy (non-hydrogen) atoms. The molecule has 0 aliphatic carbocycles. The highest BCUT2D eigenvalue weighted by Gasteiger charge is 2.39. The lowest BCUT2D eigenvalue weighted by molar-refractivity contribution is -0.137. The van der Waals surface area contributed by atoms with E-state index in [1.807, 2.05) is 29.2 Å². The van der Waals surface area contributed by atoms with Crippen LogP contribution in [0.1, 0.15) is 88.8 Å². The fraction of sp³-hybridized carbons (Fsp3) is 0.486. The summed E-state index contributed by atoms with van der Waals surface area (Å²) in [6, 6.07) is 11.6. The van der Waals surface area contributed by atoms with E-state index < -0.39 is 18.0 Å². The number of carbonyl (C=O) groups is 5. The highest BCUT2D eigenvalue weighted by Crippen LogP contribution is 2.30. The van der Waals surface area contributed by atoms with Crippen molar-refractivity contribution in [3.8, 4) is 11.8 Å². The van der Waals surface area contributed by atoms with Crippen molar-refractivity contribution < 1.29 is 28.7 Å². The van der Waals surface area contributed by atoms with Gasteiger partial charge in [-0.25, -0.2) is 0 Å². The van der Waals surface area contributed by atoms with Gasteiger partial charge in [0.05, 0.1) is 6.04 Å². The number of fused-ring (bicyclic) bond motifs is 1. The van der Waals surface area contributed by atoms with E-state index in [1.165, 1.54) is 0 Å². The third kappa shape index (κ3) is 7.77. The number of benzene rings is 2. The quantitative estimate of drug-likeness (QED) is 0.292. The first kappa shape index (κ1) is 33.4. The third-order valence-corrected chi connectivity index (χ3v) is 9.95. The summed E-state index contributed by atoms with van der Waals surface area (Å²) in [5.74, 6) is 5.92. The standard InChI is InChI=1S/C37H43N5O6/c38-31(22-25-8-10-27(11-9-25)34(44)39-28-16-20-48-21-17-28)37(47)41-18-14-24(15-19-41)4-1-2-5-26-6-3-7-29-30(26)23-42(36(29)46)32-12-13-33(43)40-35(32)45/h3,6-11,24,28,31-32H,1,4,12-23,38H2,(H,39,44)(H,40,43,45)/t31-,32?/m0/s1. The zero-order valence-corrected chi connectivity index (χ0v) is 27.2. The summed E-state index contributed by atoms with van der Waals surface area (Å²) in [6.07, 6.45) is 6.02. The van der Waals surface area contributed by atoms with Crippen LogP contribution in [0.5, 0.6) is 0 Å². The smallest absolute Gasteiger partial charge is 0.255 e. The first-order chi connectivity index (χ1) is 23.3. The largest absolute Gasteiger partial charge is 0.381 e. The van der Waals surface area contributed by atoms with Gasteiger partial charge in [-0.1, -0.05) is 30.0 Å². The molecule has 0 bridgehead atoms. The number of ether oxygens (including phenoxy) is 1. The Morgan fingerprint density at radius 1 is 1.00 bits per heavy atom. The molecule has 3 saturated heterocycles. The van der Waals surface area contributed by atoms with Crippen molar-refractivity contribution in [1.29, 1.82) is 0 Å². The van der Waals surface area contributed by atoms with Crippen LogP contribution in [0.4, 0.5) is 0 Å². The zero-order valence-electron chi connectivity index (χ0n) is 27.2. The normalized spacial score (nSPS) is 20.9. The van der Waals surface area contributed by atoms with Gasteiger partial charge in [-0.3, -0.25) is 29.3 Å². The molecule has 0 radical (unpaired) electrons. The van der Waals surface area contributed by atoms with E-state index in [-0.39, 0.29) is 36.1 Å². The molecule has 2 atom stereocenters. The molecule has 4 aliphatic heterocycles. The number of carbonyl (C=O) groups excluding carboxylic acids is 5. The molecule has 0 aromatic heterocycles. The lowest BCUT2D eigenvalue weighted by Crippen LogP contribution is -2.52. The number of nitrogens with zero attached hydrogens (tertiary/aromatic N) is 2. The van der Waals surface area contributed by atoms with Crippen LogP contribution in [0.2, 0.25) is 0 Å². The lowest BCUT2D eigenvalue weighted by Gasteiger charge is -2.33. The van der Waals surface area contributed by atoms with Gasteiger partial charge in [0.1, 0.15) is 6.04 Å². The maximum atomic E-state index is 13.1. The number of amides is 5. The first-order valence-corrected chi connectivity index (χ1v) is 17.0. The van der Waals surface area contributed by atoms with Crippen molar-refractivity contribution in [2.24, 2.45) is 11.7 Å². The van der Waals surface area contributed by atoms with Gasteiger partial charge in [-0.15, -0.1) is 0 Å². The monoisotopic (exact) mass is 653 g/mol. The SMILES string of the molecule is N[C@@H](Cc1ccc(C(=O)NC2CCOCC2)cc1)C(=O)N1CCC(CCC#Cc2cccc3c2CN(C2CCC(=O)NC2=O)C3=O)CC1. The van der Waals surface area contributed by atoms with E-state index in [9.17, 15) is 24.0 Å². The maximum Gasteiger partial charge on any atom is 0.255 e. The predicted octanol–water partition coefficient (Wildman–Crippen LogP) is 2.30. The molecule has 1 unspecified atom stereocenters. The van der Waals surface area contributed by atoms with Crippen LogP contribution in [0.15, 0.2) is 42.5 Å². The molecule has 3 fully saturated rings. The molecule has 6 rings (SSSR count). The van der Waals surface area contributed by atoms with E-state index in [4.69, 9.17) is 10.5 Å². The molecule has 0 saturated carbocycles. The summed E-state index contributed by atoms with van der Waals surface area (Å²) in [7, 11) is 0. The van der Waals surface area contributed by atoms with Crippen LogP contribution in [0, 0.1) is 17.8 Å². The van der Waals surface area contributed by atoms with Crippen molar-refractivity contribution in [3.63, 3.8) is 0 Å². The Kier molecular flexibility index (Phi) is 10.5. The molecule has 0 spiro atoms. The summed E-state index contributed by atoms with van der Waals surface area (Å²) in [6.45, 7) is 2.97. The van der Waals surface area contributed by atoms with Gasteiger partial charge >= 0.3 is 0 Å². The van der Waals surface area contributed by atoms with Crippen LogP contribution in [-0.4, -0.2) is 83.8 Å². The Bertz CT molecular complexity index is 1610. The molecule has 11 heteroatoms. The van der Waals surface area contributed by atoms with E-state index in [1.54, 1.807) is 23.1 Å². The summed E-state index contributed by atoms with van der Waals surface area (Å²) in [5, 5.41) is 5.40. The highest BCUT2D eigenvalue weighted by atomic mass is 16.5. The van der Waals surface area contributed by atoms with Crippen molar-refractivity contribution in [3.05, 3.63) is 70.3 Å². The van der Waals surface area contributed by atoms with Crippen molar-refractivity contribution in [1.82, 2.24) is 20.4 Å². The molecule has 4 aliphatic rings. The number of imide groups is 1. The van der Waals surface area contributed by atoms with E-state index in [2.05, 4.69) is 22.5 Å². The highest BCUT2D eigenvalue weighted by molar-refractivity contribution is 6.05. The lowest BCUT2D eigenvalue weighted by atomic mass is 9.91. The number of piperidine rings is 2. The van der Waals surface area contributed by atoms with Crippen molar-refractivity contribution >= 4 is 29.5 Å². The fourth-order valence-electron chi connectivity index (χ4n) is 7.06. The van der Waals surface area contributed by atoms with Gasteiger partial charge < -0.3 is 25.6 Å². The van der Waals surface area contributed by atoms with Crippen molar-refractivity contribution in [2.75, 3.05) is 26.3 Å². The topological polar surface area (TPSA) is 151 Å². The number of hydrogen-bond donors (Lipinski definition) is 3. The Labute approximate surface area is 280 Å². The summed E-state index contributed by atoms with van der Waals surface area (Å²) >= 11 is 0. The fourth-order valence-corrected chi connectivity index (χ4v) is 7.06. The minimum absolute atomic E-state index is 0.0478. The summed E-state index contributed by atoms with van der Waals surface area (Å²) < 4.78 is 5.35. The maximum absolute atomic E-state index is 13.1. The van der Waals surface area contributed by atoms with Gasteiger partial charge in [-0.2, -0.15) is 0 Å². The molecule has 4 heterocycles. The Morgan fingerprint density at radius 2 is 1.75 bits per heavy atom.